The van der Waals surface area contributed by atoms with Crippen LogP contribution in [0.25, 0.3) is 6.08 Å². The number of hydrogen-bond donors (Lipinski definition) is 0. The quantitative estimate of drug-likeness (QED) is 0.639. The van der Waals surface area contributed by atoms with E-state index in [1.807, 2.05) is 71.4 Å². The highest BCUT2D eigenvalue weighted by molar-refractivity contribution is 5.92. The molecule has 1 saturated heterocycles. The van der Waals surface area contributed by atoms with Crippen molar-refractivity contribution >= 4 is 12.0 Å². The number of hydrogen-bond acceptors (Lipinski definition) is 5. The first kappa shape index (κ1) is 19.1. The summed E-state index contributed by atoms with van der Waals surface area (Å²) < 4.78 is 3.71. The molecule has 2 aromatic heterocycles. The van der Waals surface area contributed by atoms with E-state index in [1.54, 1.807) is 10.9 Å². The summed E-state index contributed by atoms with van der Waals surface area (Å²) >= 11 is 0. The van der Waals surface area contributed by atoms with Crippen molar-refractivity contribution < 1.29 is 4.79 Å². The second-order valence-corrected chi connectivity index (χ2v) is 7.16. The van der Waals surface area contributed by atoms with Gasteiger partial charge < -0.3 is 9.47 Å². The van der Waals surface area contributed by atoms with Crippen LogP contribution in [0.4, 0.5) is 0 Å². The monoisotopic (exact) mass is 391 g/mol. The van der Waals surface area contributed by atoms with Gasteiger partial charge >= 0.3 is 0 Å². The smallest absolute Gasteiger partial charge is 0.276 e. The Morgan fingerprint density at radius 3 is 2.66 bits per heavy atom. The van der Waals surface area contributed by atoms with Crippen LogP contribution in [0.5, 0.6) is 0 Å². The molecule has 0 aliphatic carbocycles. The van der Waals surface area contributed by atoms with Gasteiger partial charge in [0.05, 0.1) is 19.3 Å². The Bertz CT molecular complexity index is 968. The van der Waals surface area contributed by atoms with Gasteiger partial charge in [0.25, 0.3) is 5.91 Å². The maximum atomic E-state index is 12.7. The molecule has 8 nitrogen and oxygen atoms in total. The third-order valence-corrected chi connectivity index (χ3v) is 5.11. The lowest BCUT2D eigenvalue weighted by molar-refractivity contribution is 0.0618. The Balaban J connectivity index is 1.28. The minimum absolute atomic E-state index is 0.0556. The zero-order chi connectivity index (χ0) is 20.1. The Kier molecular flexibility index (Phi) is 5.81. The highest BCUT2D eigenvalue weighted by Gasteiger charge is 2.24. The molecule has 3 aromatic rings. The van der Waals surface area contributed by atoms with Crippen molar-refractivity contribution in [3.8, 4) is 0 Å². The third-order valence-electron chi connectivity index (χ3n) is 5.11. The van der Waals surface area contributed by atoms with Gasteiger partial charge in [0.2, 0.25) is 0 Å². The topological polar surface area (TPSA) is 72.1 Å². The molecule has 150 valence electrons. The highest BCUT2D eigenvalue weighted by Crippen LogP contribution is 2.10. The van der Waals surface area contributed by atoms with Gasteiger partial charge in [-0.05, 0) is 5.56 Å². The maximum absolute atomic E-state index is 12.7. The lowest BCUT2D eigenvalue weighted by Gasteiger charge is -2.34. The van der Waals surface area contributed by atoms with Gasteiger partial charge in [-0.3, -0.25) is 9.69 Å². The van der Waals surface area contributed by atoms with Crippen molar-refractivity contribution in [2.24, 2.45) is 7.05 Å². The number of aromatic nitrogens is 5. The molecular weight excluding hydrogens is 366 g/mol. The van der Waals surface area contributed by atoms with Crippen molar-refractivity contribution in [3.63, 3.8) is 0 Å². The van der Waals surface area contributed by atoms with Crippen LogP contribution >= 0.6 is 0 Å². The summed E-state index contributed by atoms with van der Waals surface area (Å²) in [5.41, 5.74) is 1.53. The number of allylic oxidation sites excluding steroid dienone is 1. The average Bonchev–Trinajstić information content (AvgIpc) is 3.38. The SMILES string of the molecule is Cn1ccnc1CN1CCN(C(=O)c2cn(CC=Cc3ccccc3)nn2)CC1. The van der Waals surface area contributed by atoms with Gasteiger partial charge in [-0.25, -0.2) is 9.67 Å². The van der Waals surface area contributed by atoms with E-state index in [2.05, 4.69) is 20.2 Å². The van der Waals surface area contributed by atoms with Gasteiger partial charge in [-0.15, -0.1) is 5.10 Å². The number of carbonyl (C=O) groups is 1. The summed E-state index contributed by atoms with van der Waals surface area (Å²) in [5, 5.41) is 8.15. The Labute approximate surface area is 170 Å². The molecule has 0 atom stereocenters. The number of rotatable bonds is 6. The van der Waals surface area contributed by atoms with Gasteiger partial charge in [0.1, 0.15) is 5.82 Å². The zero-order valence-corrected chi connectivity index (χ0v) is 16.6. The number of amides is 1. The van der Waals surface area contributed by atoms with Crippen LogP contribution in [-0.4, -0.2) is 66.4 Å². The molecule has 29 heavy (non-hydrogen) atoms. The van der Waals surface area contributed by atoms with Crippen LogP contribution in [-0.2, 0) is 20.1 Å². The normalized spacial score (nSPS) is 15.3. The largest absolute Gasteiger partial charge is 0.337 e. The molecule has 0 N–H and O–H groups in total. The molecule has 1 aliphatic heterocycles. The molecule has 4 rings (SSSR count). The van der Waals surface area contributed by atoms with E-state index in [0.29, 0.717) is 25.3 Å². The Hall–Kier alpha value is -3.26. The van der Waals surface area contributed by atoms with Gasteiger partial charge in [0.15, 0.2) is 5.69 Å². The molecule has 3 heterocycles. The summed E-state index contributed by atoms with van der Waals surface area (Å²) in [6, 6.07) is 10.1. The number of imidazole rings is 1. The molecule has 1 aliphatic rings. The van der Waals surface area contributed by atoms with Gasteiger partial charge in [0, 0.05) is 45.6 Å². The molecule has 0 bridgehead atoms. The molecule has 0 radical (unpaired) electrons. The van der Waals surface area contributed by atoms with E-state index in [0.717, 1.165) is 31.0 Å². The van der Waals surface area contributed by atoms with E-state index >= 15 is 0 Å². The molecule has 0 saturated carbocycles. The number of nitrogens with zero attached hydrogens (tertiary/aromatic N) is 7. The average molecular weight is 391 g/mol. The molecule has 0 spiro atoms. The standard InChI is InChI=1S/C21H25N7O/c1-25-11-9-22-20(25)17-26-12-14-27(15-13-26)21(29)19-16-28(24-23-19)10-5-8-18-6-3-2-4-7-18/h2-9,11,16H,10,12-15,17H2,1H3. The number of carbonyl (C=O) groups excluding carboxylic acids is 1. The van der Waals surface area contributed by atoms with Crippen LogP contribution in [0.2, 0.25) is 0 Å². The highest BCUT2D eigenvalue weighted by atomic mass is 16.2. The maximum Gasteiger partial charge on any atom is 0.276 e. The predicted octanol–water partition coefficient (Wildman–Crippen LogP) is 1.68. The van der Waals surface area contributed by atoms with Gasteiger partial charge in [-0.2, -0.15) is 0 Å². The van der Waals surface area contributed by atoms with Crippen LogP contribution < -0.4 is 0 Å². The van der Waals surface area contributed by atoms with Crippen LogP contribution in [0.1, 0.15) is 21.9 Å². The summed E-state index contributed by atoms with van der Waals surface area (Å²) in [7, 11) is 2.00. The van der Waals surface area contributed by atoms with E-state index in [9.17, 15) is 4.79 Å². The second-order valence-electron chi connectivity index (χ2n) is 7.16. The number of piperazine rings is 1. The zero-order valence-electron chi connectivity index (χ0n) is 16.6. The summed E-state index contributed by atoms with van der Waals surface area (Å²) in [6.45, 7) is 4.40. The summed E-state index contributed by atoms with van der Waals surface area (Å²) in [4.78, 5) is 21.3. The van der Waals surface area contributed by atoms with Crippen molar-refractivity contribution in [1.29, 1.82) is 0 Å². The van der Waals surface area contributed by atoms with Gasteiger partial charge in [-0.1, -0.05) is 47.7 Å². The van der Waals surface area contributed by atoms with Crippen molar-refractivity contribution in [1.82, 2.24) is 34.3 Å². The Morgan fingerprint density at radius 2 is 1.93 bits per heavy atom. The Morgan fingerprint density at radius 1 is 1.14 bits per heavy atom. The van der Waals surface area contributed by atoms with Crippen molar-refractivity contribution in [2.45, 2.75) is 13.1 Å². The summed E-state index contributed by atoms with van der Waals surface area (Å²) in [6.07, 6.45) is 9.53. The molecule has 0 unspecified atom stereocenters. The fraction of sp³-hybridized carbons (Fsp3) is 0.333. The fourth-order valence-electron chi connectivity index (χ4n) is 3.37. The molecule has 1 aromatic carbocycles. The molecular formula is C21H25N7O. The minimum Gasteiger partial charge on any atom is -0.337 e. The lowest BCUT2D eigenvalue weighted by Crippen LogP contribution is -2.48. The first-order valence-electron chi connectivity index (χ1n) is 9.78. The van der Waals surface area contributed by atoms with Crippen LogP contribution in [0, 0.1) is 0 Å². The summed E-state index contributed by atoms with van der Waals surface area (Å²) in [5.74, 6) is 0.983. The first-order valence-corrected chi connectivity index (χ1v) is 9.78. The fourth-order valence-corrected chi connectivity index (χ4v) is 3.37. The molecule has 1 amide bonds. The van der Waals surface area contributed by atoms with E-state index in [4.69, 9.17) is 0 Å². The third kappa shape index (κ3) is 4.78. The lowest BCUT2D eigenvalue weighted by atomic mass is 10.2. The number of benzene rings is 1. The van der Waals surface area contributed by atoms with Crippen LogP contribution in [0.3, 0.4) is 0 Å². The van der Waals surface area contributed by atoms with E-state index < -0.39 is 0 Å². The first-order chi connectivity index (χ1) is 14.2. The van der Waals surface area contributed by atoms with E-state index in [1.165, 1.54) is 0 Å². The minimum atomic E-state index is -0.0556. The van der Waals surface area contributed by atoms with Crippen molar-refractivity contribution in [2.75, 3.05) is 26.2 Å². The predicted molar refractivity (Wildman–Crippen MR) is 110 cm³/mol. The molecule has 8 heteroatoms. The van der Waals surface area contributed by atoms with Crippen molar-refractivity contribution in [3.05, 3.63) is 72.1 Å². The van der Waals surface area contributed by atoms with Crippen LogP contribution in [0.15, 0.2) is 55.0 Å². The number of aryl methyl sites for hydroxylation is 1. The second kappa shape index (κ2) is 8.83. The van der Waals surface area contributed by atoms with E-state index in [-0.39, 0.29) is 5.91 Å². The molecule has 1 fully saturated rings.